The highest BCUT2D eigenvalue weighted by atomic mass is 16.5. The molecular weight excluding hydrogens is 462 g/mol. The number of nitrogens with zero attached hydrogens (tertiary/aromatic N) is 3. The van der Waals surface area contributed by atoms with Gasteiger partial charge in [0.1, 0.15) is 18.4 Å². The van der Waals surface area contributed by atoms with E-state index in [1.165, 1.54) is 12.7 Å². The zero-order chi connectivity index (χ0) is 27.8. The van der Waals surface area contributed by atoms with Crippen LogP contribution in [0, 0.1) is 0 Å². The molecule has 0 saturated heterocycles. The number of esters is 1. The van der Waals surface area contributed by atoms with E-state index in [1.54, 1.807) is 0 Å². The van der Waals surface area contributed by atoms with Gasteiger partial charge in [0.15, 0.2) is 0 Å². The number of hydrogen-bond acceptors (Lipinski definition) is 5. The predicted octanol–water partition coefficient (Wildman–Crippen LogP) is 6.67. The van der Waals surface area contributed by atoms with Crippen LogP contribution < -0.4 is 4.74 Å². The van der Waals surface area contributed by atoms with Gasteiger partial charge in [-0.15, -0.1) is 0 Å². The molecule has 202 valence electrons. The Hall–Kier alpha value is -3.54. The molecule has 1 aromatic carbocycles. The number of methoxy groups -OCH3 is 1. The molecule has 1 unspecified atom stereocenters. The summed E-state index contributed by atoms with van der Waals surface area (Å²) in [5.41, 5.74) is 5.61. The van der Waals surface area contributed by atoms with Crippen LogP contribution in [-0.2, 0) is 16.0 Å². The summed E-state index contributed by atoms with van der Waals surface area (Å²) >= 11 is 0. The minimum absolute atomic E-state index is 0.259. The molecule has 0 radical (unpaired) electrons. The Morgan fingerprint density at radius 3 is 2.27 bits per heavy atom. The van der Waals surface area contributed by atoms with Crippen LogP contribution >= 0.6 is 0 Å². The van der Waals surface area contributed by atoms with Crippen molar-refractivity contribution in [2.75, 3.05) is 34.4 Å². The average Bonchev–Trinajstić information content (AvgIpc) is 3.45. The van der Waals surface area contributed by atoms with Crippen LogP contribution in [0.25, 0.3) is 0 Å². The monoisotopic (exact) mass is 507 g/mol. The van der Waals surface area contributed by atoms with E-state index >= 15 is 0 Å². The van der Waals surface area contributed by atoms with Crippen molar-refractivity contribution in [3.8, 4) is 5.75 Å². The first-order valence-corrected chi connectivity index (χ1v) is 12.8. The largest absolute Gasteiger partial charge is 0.492 e. The first-order chi connectivity index (χ1) is 17.8. The second-order valence-corrected chi connectivity index (χ2v) is 8.72. The van der Waals surface area contributed by atoms with Crippen molar-refractivity contribution < 1.29 is 14.3 Å². The van der Waals surface area contributed by atoms with Crippen LogP contribution in [-0.4, -0.2) is 55.5 Å². The molecular formula is C31H45N3O3. The molecule has 0 fully saturated rings. The SMILES string of the molecule is C=C/C(CC(C=C(C)C)=NC)=C(/C)N(C)CCOc1ccc(CC(C(=O)OC)n2cccc2)cc1.CC. The van der Waals surface area contributed by atoms with E-state index in [2.05, 4.69) is 50.4 Å². The Kier molecular flexibility index (Phi) is 14.5. The quantitative estimate of drug-likeness (QED) is 0.173. The number of benzene rings is 1. The van der Waals surface area contributed by atoms with E-state index in [-0.39, 0.29) is 12.0 Å². The smallest absolute Gasteiger partial charge is 0.329 e. The van der Waals surface area contributed by atoms with Gasteiger partial charge in [-0.25, -0.2) is 4.79 Å². The third-order valence-electron chi connectivity index (χ3n) is 5.91. The van der Waals surface area contributed by atoms with E-state index in [4.69, 9.17) is 9.47 Å². The molecule has 6 heteroatoms. The standard InChI is InChI=1S/C29H39N3O3.C2H6/c1-8-25(21-26(30-5)19-22(2)3)23(4)31(6)17-18-35-27-13-11-24(12-14-27)20-28(29(33)34-7)32-15-9-10-16-32;1-2/h8-16,19,28H,1,17-18,20-21H2,2-7H3;1-2H3/b25-23+,30-26?;. The first-order valence-electron chi connectivity index (χ1n) is 12.8. The van der Waals surface area contributed by atoms with Gasteiger partial charge in [0.2, 0.25) is 0 Å². The maximum atomic E-state index is 12.2. The van der Waals surface area contributed by atoms with Crippen molar-refractivity contribution in [2.45, 2.75) is 53.5 Å². The molecule has 0 aliphatic rings. The fraction of sp³-hybridized carbons (Fsp3) is 0.419. The van der Waals surface area contributed by atoms with Gasteiger partial charge < -0.3 is 18.9 Å². The highest BCUT2D eigenvalue weighted by Crippen LogP contribution is 2.20. The third-order valence-corrected chi connectivity index (χ3v) is 5.91. The number of hydrogen-bond donors (Lipinski definition) is 0. The predicted molar refractivity (Wildman–Crippen MR) is 155 cm³/mol. The fourth-order valence-corrected chi connectivity index (χ4v) is 3.73. The lowest BCUT2D eigenvalue weighted by atomic mass is 10.0. The van der Waals surface area contributed by atoms with Crippen LogP contribution in [0.5, 0.6) is 5.75 Å². The first kappa shape index (κ1) is 31.5. The molecule has 37 heavy (non-hydrogen) atoms. The van der Waals surface area contributed by atoms with Crippen molar-refractivity contribution in [3.05, 3.63) is 89.9 Å². The van der Waals surface area contributed by atoms with Crippen LogP contribution in [0.4, 0.5) is 0 Å². The summed E-state index contributed by atoms with van der Waals surface area (Å²) in [6, 6.07) is 11.3. The number of carbonyl (C=O) groups excluding carboxylic acids is 1. The van der Waals surface area contributed by atoms with E-state index in [1.807, 2.05) is 80.3 Å². The lowest BCUT2D eigenvalue weighted by Crippen LogP contribution is -2.24. The Morgan fingerprint density at radius 1 is 1.14 bits per heavy atom. The van der Waals surface area contributed by atoms with Crippen LogP contribution in [0.2, 0.25) is 0 Å². The van der Waals surface area contributed by atoms with Gasteiger partial charge in [-0.1, -0.05) is 44.2 Å². The van der Waals surface area contributed by atoms with Crippen LogP contribution in [0.3, 0.4) is 0 Å². The summed E-state index contributed by atoms with van der Waals surface area (Å²) in [4.78, 5) is 18.8. The second-order valence-electron chi connectivity index (χ2n) is 8.72. The molecule has 1 atom stereocenters. The van der Waals surface area contributed by atoms with Gasteiger partial charge in [-0.3, -0.25) is 4.99 Å². The van der Waals surface area contributed by atoms with Crippen molar-refractivity contribution >= 4 is 11.7 Å². The van der Waals surface area contributed by atoms with Gasteiger partial charge in [0.05, 0.1) is 13.7 Å². The minimum Gasteiger partial charge on any atom is -0.492 e. The molecule has 0 saturated carbocycles. The number of allylic oxidation sites excluding steroid dienone is 5. The summed E-state index contributed by atoms with van der Waals surface area (Å²) < 4.78 is 12.8. The fourth-order valence-electron chi connectivity index (χ4n) is 3.73. The van der Waals surface area contributed by atoms with E-state index in [9.17, 15) is 4.79 Å². The summed E-state index contributed by atoms with van der Waals surface area (Å²) in [6.45, 7) is 15.5. The number of aliphatic imine (C=N–C) groups is 1. The van der Waals surface area contributed by atoms with E-state index in [0.29, 0.717) is 13.0 Å². The molecule has 1 aromatic heterocycles. The highest BCUT2D eigenvalue weighted by Gasteiger charge is 2.20. The summed E-state index contributed by atoms with van der Waals surface area (Å²) in [5, 5.41) is 0. The molecule has 0 spiro atoms. The van der Waals surface area contributed by atoms with Gasteiger partial charge in [-0.05, 0) is 62.2 Å². The molecule has 6 nitrogen and oxygen atoms in total. The zero-order valence-corrected chi connectivity index (χ0v) is 24.0. The summed E-state index contributed by atoms with van der Waals surface area (Å²) in [7, 11) is 5.30. The molecule has 2 aromatic rings. The Labute approximate surface area is 224 Å². The number of carbonyl (C=O) groups is 1. The van der Waals surface area contributed by atoms with Crippen molar-refractivity contribution in [2.24, 2.45) is 4.99 Å². The second kappa shape index (κ2) is 17.0. The molecule has 0 amide bonds. The van der Waals surface area contributed by atoms with Gasteiger partial charge >= 0.3 is 5.97 Å². The summed E-state index contributed by atoms with van der Waals surface area (Å²) in [6.07, 6.45) is 9.07. The van der Waals surface area contributed by atoms with Gasteiger partial charge in [0.25, 0.3) is 0 Å². The number of rotatable bonds is 13. The van der Waals surface area contributed by atoms with Gasteiger partial charge in [0, 0.05) is 50.7 Å². The third kappa shape index (κ3) is 10.5. The van der Waals surface area contributed by atoms with Crippen LogP contribution in [0.15, 0.2) is 89.4 Å². The maximum Gasteiger partial charge on any atom is 0.329 e. The Bertz CT molecular complexity index is 1040. The van der Waals surface area contributed by atoms with Crippen molar-refractivity contribution in [1.82, 2.24) is 9.47 Å². The number of ether oxygens (including phenoxy) is 2. The zero-order valence-electron chi connectivity index (χ0n) is 24.0. The average molecular weight is 508 g/mol. The summed E-state index contributed by atoms with van der Waals surface area (Å²) in [5.74, 6) is 0.539. The van der Waals surface area contributed by atoms with Gasteiger partial charge in [-0.2, -0.15) is 0 Å². The molecule has 2 rings (SSSR count). The number of likely N-dealkylation sites (N-methyl/N-ethyl adjacent to an activating group) is 1. The van der Waals surface area contributed by atoms with E-state index < -0.39 is 0 Å². The van der Waals surface area contributed by atoms with Crippen LogP contribution in [0.1, 0.15) is 52.6 Å². The maximum absolute atomic E-state index is 12.2. The lowest BCUT2D eigenvalue weighted by Gasteiger charge is -2.23. The lowest BCUT2D eigenvalue weighted by molar-refractivity contribution is -0.144. The molecule has 0 N–H and O–H groups in total. The van der Waals surface area contributed by atoms with Crippen molar-refractivity contribution in [3.63, 3.8) is 0 Å². The van der Waals surface area contributed by atoms with Crippen molar-refractivity contribution in [1.29, 1.82) is 0 Å². The Morgan fingerprint density at radius 2 is 1.76 bits per heavy atom. The number of aromatic nitrogens is 1. The molecule has 1 heterocycles. The molecule has 0 aliphatic carbocycles. The topological polar surface area (TPSA) is 56.1 Å². The minimum atomic E-state index is -0.390. The highest BCUT2D eigenvalue weighted by molar-refractivity contribution is 5.97. The molecule has 0 bridgehead atoms. The Balaban J connectivity index is 0.00000334. The van der Waals surface area contributed by atoms with E-state index in [0.717, 1.165) is 41.3 Å². The normalized spacial score (nSPS) is 12.4. The molecule has 0 aliphatic heterocycles.